The molecule has 0 saturated heterocycles. The van der Waals surface area contributed by atoms with Gasteiger partial charge in [-0.05, 0) is 34.1 Å². The molecule has 3 aromatic rings. The van der Waals surface area contributed by atoms with Crippen molar-refractivity contribution < 1.29 is 4.42 Å². The molecule has 86 valence electrons. The molecule has 4 nitrogen and oxygen atoms in total. The molecular weight excluding hydrogens is 307 g/mol. The summed E-state index contributed by atoms with van der Waals surface area (Å²) in [5.41, 5.74) is 1.01. The number of hydrogen-bond donors (Lipinski definition) is 1. The average molecular weight is 314 g/mol. The molecular formula is C11H6BrClN2O2. The third-order valence-corrected chi connectivity index (χ3v) is 3.19. The molecule has 0 aliphatic rings. The lowest BCUT2D eigenvalue weighted by atomic mass is 10.3. The molecule has 6 heteroatoms. The molecule has 1 aromatic carbocycles. The number of aromatic amines is 1. The lowest BCUT2D eigenvalue weighted by Crippen LogP contribution is -2.13. The molecule has 0 spiro atoms. The summed E-state index contributed by atoms with van der Waals surface area (Å²) in [6, 6.07) is 8.75. The van der Waals surface area contributed by atoms with Crippen LogP contribution in [0.5, 0.6) is 0 Å². The molecule has 0 bridgehead atoms. The van der Waals surface area contributed by atoms with E-state index in [0.717, 1.165) is 0 Å². The number of H-pyrrole nitrogens is 1. The number of imidazole rings is 1. The molecule has 0 atom stereocenters. The molecule has 0 aliphatic heterocycles. The fraction of sp³-hybridized carbons (Fsp3) is 0. The highest BCUT2D eigenvalue weighted by Gasteiger charge is 2.13. The zero-order valence-electron chi connectivity index (χ0n) is 8.41. The molecule has 0 radical (unpaired) electrons. The number of aromatic nitrogens is 2. The maximum absolute atomic E-state index is 11.9. The van der Waals surface area contributed by atoms with Crippen LogP contribution in [0.3, 0.4) is 0 Å². The summed E-state index contributed by atoms with van der Waals surface area (Å²) in [4.78, 5) is 14.6. The van der Waals surface area contributed by atoms with Gasteiger partial charge < -0.3 is 9.40 Å². The lowest BCUT2D eigenvalue weighted by molar-refractivity contribution is 0.515. The largest absolute Gasteiger partial charge is 0.433 e. The van der Waals surface area contributed by atoms with Crippen LogP contribution in [0.4, 0.5) is 0 Å². The van der Waals surface area contributed by atoms with E-state index in [0.29, 0.717) is 26.6 Å². The van der Waals surface area contributed by atoms with Crippen LogP contribution in [-0.4, -0.2) is 9.55 Å². The van der Waals surface area contributed by atoms with E-state index in [1.807, 2.05) is 0 Å². The molecule has 0 aliphatic carbocycles. The van der Waals surface area contributed by atoms with Crippen LogP contribution in [0.15, 0.2) is 44.2 Å². The first kappa shape index (κ1) is 10.7. The Labute approximate surface area is 109 Å². The summed E-state index contributed by atoms with van der Waals surface area (Å²) in [7, 11) is 0. The van der Waals surface area contributed by atoms with Crippen molar-refractivity contribution in [2.24, 2.45) is 0 Å². The minimum Gasteiger partial charge on any atom is -0.433 e. The molecule has 17 heavy (non-hydrogen) atoms. The van der Waals surface area contributed by atoms with E-state index in [1.165, 1.54) is 4.57 Å². The third-order valence-electron chi connectivity index (χ3n) is 2.45. The van der Waals surface area contributed by atoms with Crippen molar-refractivity contribution in [1.29, 1.82) is 0 Å². The number of rotatable bonds is 1. The zero-order chi connectivity index (χ0) is 12.0. The van der Waals surface area contributed by atoms with Gasteiger partial charge in [-0.2, -0.15) is 0 Å². The highest BCUT2D eigenvalue weighted by atomic mass is 79.9. The first-order valence-electron chi connectivity index (χ1n) is 4.82. The zero-order valence-corrected chi connectivity index (χ0v) is 10.7. The average Bonchev–Trinajstić information content (AvgIpc) is 2.82. The molecule has 0 amide bonds. The van der Waals surface area contributed by atoms with Gasteiger partial charge in [-0.1, -0.05) is 17.7 Å². The highest BCUT2D eigenvalue weighted by Crippen LogP contribution is 2.24. The van der Waals surface area contributed by atoms with Gasteiger partial charge in [-0.3, -0.25) is 0 Å². The molecule has 3 rings (SSSR count). The van der Waals surface area contributed by atoms with Crippen LogP contribution in [-0.2, 0) is 0 Å². The molecule has 2 heterocycles. The van der Waals surface area contributed by atoms with E-state index in [2.05, 4.69) is 20.9 Å². The second-order valence-corrected chi connectivity index (χ2v) is 4.67. The van der Waals surface area contributed by atoms with Gasteiger partial charge >= 0.3 is 5.69 Å². The fourth-order valence-electron chi connectivity index (χ4n) is 1.74. The third kappa shape index (κ3) is 1.62. The van der Waals surface area contributed by atoms with E-state index < -0.39 is 0 Å². The summed E-state index contributed by atoms with van der Waals surface area (Å²) in [5.74, 6) is 0.440. The topological polar surface area (TPSA) is 50.9 Å². The predicted octanol–water partition coefficient (Wildman–Crippen LogP) is 3.33. The summed E-state index contributed by atoms with van der Waals surface area (Å²) >= 11 is 9.21. The van der Waals surface area contributed by atoms with Gasteiger partial charge in [0, 0.05) is 6.07 Å². The number of nitrogens with one attached hydrogen (secondary N) is 1. The van der Waals surface area contributed by atoms with Gasteiger partial charge in [0.05, 0.1) is 16.1 Å². The minimum absolute atomic E-state index is 0.282. The van der Waals surface area contributed by atoms with Gasteiger partial charge in [0.2, 0.25) is 5.88 Å². The monoisotopic (exact) mass is 312 g/mol. The lowest BCUT2D eigenvalue weighted by Gasteiger charge is -1.98. The molecule has 1 N–H and O–H groups in total. The molecule has 0 fully saturated rings. The first-order chi connectivity index (χ1) is 8.16. The van der Waals surface area contributed by atoms with Crippen molar-refractivity contribution in [3.63, 3.8) is 0 Å². The summed E-state index contributed by atoms with van der Waals surface area (Å²) in [5, 5.41) is 0.504. The first-order valence-corrected chi connectivity index (χ1v) is 5.99. The number of para-hydroxylation sites is 1. The molecule has 2 aromatic heterocycles. The van der Waals surface area contributed by atoms with Crippen molar-refractivity contribution in [3.05, 3.63) is 50.5 Å². The number of nitrogens with zero attached hydrogens (tertiary/aromatic N) is 1. The second-order valence-electron chi connectivity index (χ2n) is 3.48. The van der Waals surface area contributed by atoms with Gasteiger partial charge in [0.1, 0.15) is 0 Å². The summed E-state index contributed by atoms with van der Waals surface area (Å²) in [6.45, 7) is 0. The predicted molar refractivity (Wildman–Crippen MR) is 68.9 cm³/mol. The molecule has 0 saturated carbocycles. The van der Waals surface area contributed by atoms with Gasteiger partial charge in [-0.15, -0.1) is 0 Å². The fourth-order valence-corrected chi connectivity index (χ4v) is 2.25. The van der Waals surface area contributed by atoms with E-state index in [4.69, 9.17) is 16.0 Å². The maximum atomic E-state index is 11.9. The van der Waals surface area contributed by atoms with Crippen molar-refractivity contribution in [2.45, 2.75) is 0 Å². The Morgan fingerprint density at radius 3 is 2.82 bits per heavy atom. The van der Waals surface area contributed by atoms with Crippen LogP contribution in [0, 0.1) is 0 Å². The molecule has 0 unspecified atom stereocenters. The van der Waals surface area contributed by atoms with Crippen molar-refractivity contribution in [1.82, 2.24) is 9.55 Å². The number of furan rings is 1. The normalized spacial score (nSPS) is 11.2. The number of benzene rings is 1. The van der Waals surface area contributed by atoms with Crippen LogP contribution in [0.25, 0.3) is 16.9 Å². The van der Waals surface area contributed by atoms with Crippen molar-refractivity contribution >= 4 is 38.6 Å². The Balaban J connectivity index is 2.40. The van der Waals surface area contributed by atoms with Crippen LogP contribution >= 0.6 is 27.5 Å². The Kier molecular flexibility index (Phi) is 2.38. The Hall–Kier alpha value is -1.46. The summed E-state index contributed by atoms with van der Waals surface area (Å²) in [6.07, 6.45) is 0. The van der Waals surface area contributed by atoms with E-state index in [-0.39, 0.29) is 5.69 Å². The Bertz CT molecular complexity index is 756. The van der Waals surface area contributed by atoms with Crippen molar-refractivity contribution in [3.8, 4) is 5.88 Å². The van der Waals surface area contributed by atoms with Crippen LogP contribution < -0.4 is 5.69 Å². The Morgan fingerprint density at radius 2 is 2.12 bits per heavy atom. The van der Waals surface area contributed by atoms with E-state index in [9.17, 15) is 4.79 Å². The maximum Gasteiger partial charge on any atom is 0.333 e. The number of halogens is 2. The number of fused-ring (bicyclic) bond motifs is 1. The second kappa shape index (κ2) is 3.78. The Morgan fingerprint density at radius 1 is 1.29 bits per heavy atom. The highest BCUT2D eigenvalue weighted by molar-refractivity contribution is 9.10. The minimum atomic E-state index is -0.282. The van der Waals surface area contributed by atoms with Gasteiger partial charge in [0.15, 0.2) is 4.67 Å². The SMILES string of the molecule is O=c1[nH]c2c(Cl)cccc2n1-c1ccc(Br)o1. The van der Waals surface area contributed by atoms with E-state index in [1.54, 1.807) is 30.3 Å². The standard InChI is InChI=1S/C11H6BrClN2O2/c12-8-4-5-9(17-8)15-7-3-1-2-6(13)10(7)14-11(15)16/h1-5H,(H,14,16). The van der Waals surface area contributed by atoms with Crippen molar-refractivity contribution in [2.75, 3.05) is 0 Å². The number of hydrogen-bond acceptors (Lipinski definition) is 2. The van der Waals surface area contributed by atoms with Gasteiger partial charge in [0.25, 0.3) is 0 Å². The summed E-state index contributed by atoms with van der Waals surface area (Å²) < 4.78 is 7.38. The van der Waals surface area contributed by atoms with Gasteiger partial charge in [-0.25, -0.2) is 9.36 Å². The van der Waals surface area contributed by atoms with Crippen LogP contribution in [0.1, 0.15) is 0 Å². The quantitative estimate of drug-likeness (QED) is 0.749. The van der Waals surface area contributed by atoms with E-state index >= 15 is 0 Å². The smallest absolute Gasteiger partial charge is 0.333 e. The van der Waals surface area contributed by atoms with Crippen LogP contribution in [0.2, 0.25) is 5.02 Å².